The van der Waals surface area contributed by atoms with Crippen molar-refractivity contribution in [2.24, 2.45) is 5.73 Å². The molecule has 2 unspecified atom stereocenters. The summed E-state index contributed by atoms with van der Waals surface area (Å²) < 4.78 is 4.77. The number of pyridine rings is 1. The van der Waals surface area contributed by atoms with Gasteiger partial charge in [-0.25, -0.2) is 0 Å². The van der Waals surface area contributed by atoms with E-state index in [0.717, 1.165) is 16.5 Å². The first-order chi connectivity index (χ1) is 8.61. The minimum absolute atomic E-state index is 0.178. The van der Waals surface area contributed by atoms with Crippen LogP contribution in [0.4, 0.5) is 0 Å². The SMILES string of the molecule is COC(O)C(N)Cc1cc(=O)[nH]c2ccccc12. The standard InChI is InChI=1S/C13H16N2O3/c1-18-13(17)10(14)6-8-7-12(16)15-11-5-3-2-4-9(8)11/h2-5,7,10,13,17H,6,14H2,1H3,(H,15,16). The minimum atomic E-state index is -1.04. The summed E-state index contributed by atoms with van der Waals surface area (Å²) in [6.45, 7) is 0. The molecule has 5 heteroatoms. The van der Waals surface area contributed by atoms with Crippen LogP contribution in [0, 0.1) is 0 Å². The lowest BCUT2D eigenvalue weighted by Crippen LogP contribution is -2.38. The van der Waals surface area contributed by atoms with E-state index in [9.17, 15) is 9.90 Å². The van der Waals surface area contributed by atoms with Crippen LogP contribution in [0.1, 0.15) is 5.56 Å². The Morgan fingerprint density at radius 3 is 2.89 bits per heavy atom. The van der Waals surface area contributed by atoms with Crippen molar-refractivity contribution in [3.8, 4) is 0 Å². The molecule has 2 atom stereocenters. The van der Waals surface area contributed by atoms with Crippen LogP contribution in [-0.4, -0.2) is 29.5 Å². The number of rotatable bonds is 4. The number of hydrogen-bond donors (Lipinski definition) is 3. The molecule has 96 valence electrons. The molecule has 0 fully saturated rings. The van der Waals surface area contributed by atoms with Gasteiger partial charge in [-0.05, 0) is 18.1 Å². The molecule has 0 amide bonds. The summed E-state index contributed by atoms with van der Waals surface area (Å²) in [5.41, 5.74) is 7.20. The predicted molar refractivity (Wildman–Crippen MR) is 69.3 cm³/mol. The monoisotopic (exact) mass is 248 g/mol. The van der Waals surface area contributed by atoms with Gasteiger partial charge in [-0.2, -0.15) is 0 Å². The number of fused-ring (bicyclic) bond motifs is 1. The predicted octanol–water partition coefficient (Wildman–Crippen LogP) is 0.363. The number of nitrogens with two attached hydrogens (primary N) is 1. The molecule has 0 radical (unpaired) electrons. The third-order valence-electron chi connectivity index (χ3n) is 2.90. The Kier molecular flexibility index (Phi) is 3.76. The number of aliphatic hydroxyl groups is 1. The molecule has 0 aliphatic rings. The topological polar surface area (TPSA) is 88.3 Å². The lowest BCUT2D eigenvalue weighted by Gasteiger charge is -2.17. The first kappa shape index (κ1) is 12.8. The van der Waals surface area contributed by atoms with Gasteiger partial charge < -0.3 is 20.6 Å². The second-order valence-electron chi connectivity index (χ2n) is 4.20. The summed E-state index contributed by atoms with van der Waals surface area (Å²) in [6.07, 6.45) is -0.664. The van der Waals surface area contributed by atoms with Crippen LogP contribution in [-0.2, 0) is 11.2 Å². The third kappa shape index (κ3) is 2.59. The summed E-state index contributed by atoms with van der Waals surface area (Å²) in [7, 11) is 1.39. The van der Waals surface area contributed by atoms with Crippen molar-refractivity contribution in [1.82, 2.24) is 4.98 Å². The maximum atomic E-state index is 11.5. The van der Waals surface area contributed by atoms with E-state index in [1.165, 1.54) is 13.2 Å². The highest BCUT2D eigenvalue weighted by Crippen LogP contribution is 2.16. The Morgan fingerprint density at radius 2 is 2.17 bits per heavy atom. The number of hydrogen-bond acceptors (Lipinski definition) is 4. The summed E-state index contributed by atoms with van der Waals surface area (Å²) in [6, 6.07) is 8.42. The molecular weight excluding hydrogens is 232 g/mol. The molecule has 0 aliphatic carbocycles. The molecule has 5 nitrogen and oxygen atoms in total. The zero-order valence-electron chi connectivity index (χ0n) is 10.1. The lowest BCUT2D eigenvalue weighted by atomic mass is 10.0. The first-order valence-corrected chi connectivity index (χ1v) is 5.69. The van der Waals surface area contributed by atoms with E-state index in [1.807, 2.05) is 24.3 Å². The van der Waals surface area contributed by atoms with Gasteiger partial charge in [-0.15, -0.1) is 0 Å². The van der Waals surface area contributed by atoms with Crippen LogP contribution in [0.2, 0.25) is 0 Å². The molecule has 1 heterocycles. The highest BCUT2D eigenvalue weighted by atomic mass is 16.6. The van der Waals surface area contributed by atoms with Crippen LogP contribution in [0.15, 0.2) is 35.1 Å². The van der Waals surface area contributed by atoms with Crippen LogP contribution >= 0.6 is 0 Å². The smallest absolute Gasteiger partial charge is 0.248 e. The number of benzene rings is 1. The van der Waals surface area contributed by atoms with Crippen LogP contribution in [0.25, 0.3) is 10.9 Å². The highest BCUT2D eigenvalue weighted by molar-refractivity contribution is 5.81. The van der Waals surface area contributed by atoms with E-state index >= 15 is 0 Å². The molecule has 4 N–H and O–H groups in total. The quantitative estimate of drug-likeness (QED) is 0.682. The van der Waals surface area contributed by atoms with Crippen molar-refractivity contribution < 1.29 is 9.84 Å². The van der Waals surface area contributed by atoms with E-state index in [-0.39, 0.29) is 5.56 Å². The van der Waals surface area contributed by atoms with E-state index in [2.05, 4.69) is 4.98 Å². The van der Waals surface area contributed by atoms with Crippen LogP contribution < -0.4 is 11.3 Å². The van der Waals surface area contributed by atoms with Crippen molar-refractivity contribution >= 4 is 10.9 Å². The van der Waals surface area contributed by atoms with E-state index in [4.69, 9.17) is 10.5 Å². The van der Waals surface area contributed by atoms with Gasteiger partial charge in [0.25, 0.3) is 0 Å². The number of methoxy groups -OCH3 is 1. The Morgan fingerprint density at radius 1 is 1.44 bits per heavy atom. The molecule has 0 spiro atoms. The van der Waals surface area contributed by atoms with Gasteiger partial charge in [-0.3, -0.25) is 4.79 Å². The molecule has 0 saturated carbocycles. The summed E-state index contributed by atoms with van der Waals surface area (Å²) in [5, 5.41) is 10.4. The molecule has 2 rings (SSSR count). The van der Waals surface area contributed by atoms with Gasteiger partial charge in [0.05, 0.1) is 6.04 Å². The molecule has 18 heavy (non-hydrogen) atoms. The molecule has 0 saturated heterocycles. The van der Waals surface area contributed by atoms with Gasteiger partial charge in [-0.1, -0.05) is 18.2 Å². The van der Waals surface area contributed by atoms with Gasteiger partial charge in [0.15, 0.2) is 6.29 Å². The zero-order chi connectivity index (χ0) is 13.1. The van der Waals surface area contributed by atoms with E-state index < -0.39 is 12.3 Å². The zero-order valence-corrected chi connectivity index (χ0v) is 10.1. The van der Waals surface area contributed by atoms with Gasteiger partial charge in [0.1, 0.15) is 0 Å². The number of para-hydroxylation sites is 1. The average Bonchev–Trinajstić information content (AvgIpc) is 2.37. The van der Waals surface area contributed by atoms with Gasteiger partial charge >= 0.3 is 0 Å². The molecule has 1 aromatic carbocycles. The fraction of sp³-hybridized carbons (Fsp3) is 0.308. The first-order valence-electron chi connectivity index (χ1n) is 5.69. The number of H-pyrrole nitrogens is 1. The average molecular weight is 248 g/mol. The molecular formula is C13H16N2O3. The second kappa shape index (κ2) is 5.30. The Balaban J connectivity index is 2.41. The summed E-state index contributed by atoms with van der Waals surface area (Å²) >= 11 is 0. The fourth-order valence-electron chi connectivity index (χ4n) is 1.98. The third-order valence-corrected chi connectivity index (χ3v) is 2.90. The second-order valence-corrected chi connectivity index (χ2v) is 4.20. The summed E-state index contributed by atoms with van der Waals surface area (Å²) in [5.74, 6) is 0. The lowest BCUT2D eigenvalue weighted by molar-refractivity contribution is -0.0890. The minimum Gasteiger partial charge on any atom is -0.367 e. The normalized spacial score (nSPS) is 14.6. The maximum absolute atomic E-state index is 11.5. The molecule has 0 aliphatic heterocycles. The van der Waals surface area contributed by atoms with E-state index in [0.29, 0.717) is 6.42 Å². The number of ether oxygens (including phenoxy) is 1. The van der Waals surface area contributed by atoms with Gasteiger partial charge in [0, 0.05) is 24.1 Å². The molecule has 1 aromatic heterocycles. The number of aliphatic hydroxyl groups excluding tert-OH is 1. The molecule has 0 bridgehead atoms. The van der Waals surface area contributed by atoms with Gasteiger partial charge in [0.2, 0.25) is 5.56 Å². The Labute approximate surface area is 104 Å². The fourth-order valence-corrected chi connectivity index (χ4v) is 1.98. The number of nitrogens with one attached hydrogen (secondary N) is 1. The Hall–Kier alpha value is -1.69. The number of aromatic amines is 1. The van der Waals surface area contributed by atoms with Crippen molar-refractivity contribution in [3.05, 3.63) is 46.2 Å². The highest BCUT2D eigenvalue weighted by Gasteiger charge is 2.16. The van der Waals surface area contributed by atoms with Crippen LogP contribution in [0.3, 0.4) is 0 Å². The van der Waals surface area contributed by atoms with Crippen molar-refractivity contribution in [2.75, 3.05) is 7.11 Å². The van der Waals surface area contributed by atoms with Crippen molar-refractivity contribution in [1.29, 1.82) is 0 Å². The van der Waals surface area contributed by atoms with Crippen LogP contribution in [0.5, 0.6) is 0 Å². The van der Waals surface area contributed by atoms with Crippen molar-refractivity contribution in [3.63, 3.8) is 0 Å². The largest absolute Gasteiger partial charge is 0.367 e. The molecule has 2 aromatic rings. The number of aromatic nitrogens is 1. The van der Waals surface area contributed by atoms with E-state index in [1.54, 1.807) is 0 Å². The summed E-state index contributed by atoms with van der Waals surface area (Å²) in [4.78, 5) is 14.3. The Bertz CT molecular complexity index is 594. The van der Waals surface area contributed by atoms with Crippen molar-refractivity contribution in [2.45, 2.75) is 18.8 Å². The maximum Gasteiger partial charge on any atom is 0.248 e.